The van der Waals surface area contributed by atoms with Crippen molar-refractivity contribution in [2.75, 3.05) is 14.2 Å². The van der Waals surface area contributed by atoms with Gasteiger partial charge in [-0.05, 0) is 24.3 Å². The number of fused-ring (bicyclic) bond motifs is 1. The minimum Gasteiger partial charge on any atom is -0.497 e. The molecule has 0 aliphatic rings. The molecule has 0 atom stereocenters. The van der Waals surface area contributed by atoms with Gasteiger partial charge in [0.2, 0.25) is 0 Å². The zero-order valence-corrected chi connectivity index (χ0v) is 14.7. The van der Waals surface area contributed by atoms with Crippen LogP contribution in [0, 0.1) is 0 Å². The molecule has 0 amide bonds. The molecule has 0 saturated carbocycles. The topological polar surface area (TPSA) is 48.7 Å². The van der Waals surface area contributed by atoms with Crippen molar-refractivity contribution in [1.29, 1.82) is 0 Å². The van der Waals surface area contributed by atoms with Crippen molar-refractivity contribution in [1.82, 2.24) is 14.6 Å². The summed E-state index contributed by atoms with van der Waals surface area (Å²) in [5.41, 5.74) is 1.58. The van der Waals surface area contributed by atoms with Gasteiger partial charge in [-0.3, -0.25) is 4.40 Å². The third kappa shape index (κ3) is 3.34. The number of hydrogen-bond donors (Lipinski definition) is 0. The Morgan fingerprint density at radius 3 is 2.70 bits per heavy atom. The van der Waals surface area contributed by atoms with Gasteiger partial charge in [0.25, 0.3) is 0 Å². The van der Waals surface area contributed by atoms with Gasteiger partial charge in [0, 0.05) is 17.5 Å². The van der Waals surface area contributed by atoms with Gasteiger partial charge in [-0.2, -0.15) is 0 Å². The van der Waals surface area contributed by atoms with Gasteiger partial charge in [0.1, 0.15) is 11.5 Å². The molecule has 23 heavy (non-hydrogen) atoms. The average Bonchev–Trinajstić information content (AvgIpc) is 2.95. The summed E-state index contributed by atoms with van der Waals surface area (Å²) < 4.78 is 12.4. The number of benzene rings is 1. The van der Waals surface area contributed by atoms with Gasteiger partial charge in [-0.25, -0.2) is 0 Å². The maximum atomic E-state index is 6.13. The molecule has 120 valence electrons. The molecular weight excluding hydrogens is 357 g/mol. The Hall–Kier alpha value is -1.63. The van der Waals surface area contributed by atoms with E-state index < -0.39 is 0 Å². The highest BCUT2D eigenvalue weighted by Crippen LogP contribution is 2.31. The van der Waals surface area contributed by atoms with E-state index in [0.717, 1.165) is 17.1 Å². The standard InChI is InChI=1S/C15H13Cl2N3O2S/c1-21-11-3-4-13(22-2)9(5-11)8-23-15-19-18-14-12(17)6-10(16)7-20(14)15/h3-7H,8H2,1-2H3. The molecule has 3 rings (SSSR count). The van der Waals surface area contributed by atoms with Gasteiger partial charge in [0.05, 0.1) is 24.3 Å². The van der Waals surface area contributed by atoms with E-state index >= 15 is 0 Å². The molecule has 0 aliphatic carbocycles. The van der Waals surface area contributed by atoms with Crippen LogP contribution in [0.15, 0.2) is 35.6 Å². The van der Waals surface area contributed by atoms with Crippen LogP contribution in [0.4, 0.5) is 0 Å². The largest absolute Gasteiger partial charge is 0.497 e. The molecule has 0 radical (unpaired) electrons. The molecule has 2 heterocycles. The van der Waals surface area contributed by atoms with Crippen LogP contribution in [0.25, 0.3) is 5.65 Å². The first-order valence-electron chi connectivity index (χ1n) is 6.66. The van der Waals surface area contributed by atoms with Crippen molar-refractivity contribution in [3.63, 3.8) is 0 Å². The zero-order valence-electron chi connectivity index (χ0n) is 12.4. The molecule has 0 saturated heterocycles. The van der Waals surface area contributed by atoms with Crippen molar-refractivity contribution in [3.8, 4) is 11.5 Å². The van der Waals surface area contributed by atoms with Crippen LogP contribution in [0.1, 0.15) is 5.56 Å². The summed E-state index contributed by atoms with van der Waals surface area (Å²) in [7, 11) is 3.27. The number of aromatic nitrogens is 3. The summed E-state index contributed by atoms with van der Waals surface area (Å²) >= 11 is 13.7. The lowest BCUT2D eigenvalue weighted by atomic mass is 10.2. The van der Waals surface area contributed by atoms with Crippen LogP contribution in [0.2, 0.25) is 10.0 Å². The van der Waals surface area contributed by atoms with Crippen molar-refractivity contribution in [2.45, 2.75) is 10.9 Å². The number of methoxy groups -OCH3 is 2. The number of halogens is 2. The minimum absolute atomic E-state index is 0.468. The van der Waals surface area contributed by atoms with E-state index in [0.29, 0.717) is 26.6 Å². The summed E-state index contributed by atoms with van der Waals surface area (Å²) in [6.45, 7) is 0. The van der Waals surface area contributed by atoms with Crippen molar-refractivity contribution in [2.24, 2.45) is 0 Å². The van der Waals surface area contributed by atoms with Crippen LogP contribution in [0.3, 0.4) is 0 Å². The van der Waals surface area contributed by atoms with E-state index in [2.05, 4.69) is 10.2 Å². The van der Waals surface area contributed by atoms with E-state index in [1.807, 2.05) is 18.2 Å². The summed E-state index contributed by atoms with van der Waals surface area (Å²) in [6.07, 6.45) is 1.74. The normalized spacial score (nSPS) is 11.0. The lowest BCUT2D eigenvalue weighted by Gasteiger charge is -2.09. The summed E-state index contributed by atoms with van der Waals surface area (Å²) in [4.78, 5) is 0. The lowest BCUT2D eigenvalue weighted by Crippen LogP contribution is -1.94. The highest BCUT2D eigenvalue weighted by Gasteiger charge is 2.12. The van der Waals surface area contributed by atoms with Crippen molar-refractivity contribution >= 4 is 40.6 Å². The third-order valence-electron chi connectivity index (χ3n) is 3.24. The Morgan fingerprint density at radius 1 is 1.13 bits per heavy atom. The van der Waals surface area contributed by atoms with Crippen LogP contribution in [-0.4, -0.2) is 28.8 Å². The van der Waals surface area contributed by atoms with E-state index in [1.54, 1.807) is 30.9 Å². The van der Waals surface area contributed by atoms with E-state index in [1.165, 1.54) is 11.8 Å². The Labute approximate surface area is 147 Å². The number of nitrogens with zero attached hydrogens (tertiary/aromatic N) is 3. The first-order valence-corrected chi connectivity index (χ1v) is 8.40. The highest BCUT2D eigenvalue weighted by molar-refractivity contribution is 7.98. The van der Waals surface area contributed by atoms with E-state index in [9.17, 15) is 0 Å². The molecule has 0 spiro atoms. The Balaban J connectivity index is 1.89. The Morgan fingerprint density at radius 2 is 1.96 bits per heavy atom. The molecular formula is C15H13Cl2N3O2S. The Bertz CT molecular complexity index is 854. The molecule has 0 aliphatic heterocycles. The fraction of sp³-hybridized carbons (Fsp3) is 0.200. The van der Waals surface area contributed by atoms with Gasteiger partial charge in [0.15, 0.2) is 10.8 Å². The van der Waals surface area contributed by atoms with Crippen LogP contribution in [-0.2, 0) is 5.75 Å². The first-order chi connectivity index (χ1) is 11.1. The van der Waals surface area contributed by atoms with Gasteiger partial charge in [-0.1, -0.05) is 35.0 Å². The number of ether oxygens (including phenoxy) is 2. The average molecular weight is 370 g/mol. The number of rotatable bonds is 5. The summed E-state index contributed by atoms with van der Waals surface area (Å²) in [6, 6.07) is 7.32. The number of thioether (sulfide) groups is 1. The number of hydrogen-bond acceptors (Lipinski definition) is 5. The molecule has 3 aromatic rings. The molecule has 0 fully saturated rings. The molecule has 1 aromatic carbocycles. The second-order valence-electron chi connectivity index (χ2n) is 4.65. The molecule has 0 bridgehead atoms. The summed E-state index contributed by atoms with van der Waals surface area (Å²) in [5, 5.41) is 9.97. The fourth-order valence-electron chi connectivity index (χ4n) is 2.14. The van der Waals surface area contributed by atoms with E-state index in [-0.39, 0.29) is 0 Å². The van der Waals surface area contributed by atoms with Crippen molar-refractivity contribution in [3.05, 3.63) is 46.1 Å². The molecule has 2 aromatic heterocycles. The fourth-order valence-corrected chi connectivity index (χ4v) is 3.53. The van der Waals surface area contributed by atoms with Crippen LogP contribution < -0.4 is 9.47 Å². The summed E-state index contributed by atoms with van der Waals surface area (Å²) in [5.74, 6) is 2.22. The van der Waals surface area contributed by atoms with E-state index in [4.69, 9.17) is 32.7 Å². The predicted molar refractivity (Wildman–Crippen MR) is 92.1 cm³/mol. The quantitative estimate of drug-likeness (QED) is 0.625. The van der Waals surface area contributed by atoms with Gasteiger partial charge >= 0.3 is 0 Å². The monoisotopic (exact) mass is 369 g/mol. The van der Waals surface area contributed by atoms with Gasteiger partial charge < -0.3 is 9.47 Å². The maximum absolute atomic E-state index is 6.13. The highest BCUT2D eigenvalue weighted by atomic mass is 35.5. The minimum atomic E-state index is 0.468. The maximum Gasteiger partial charge on any atom is 0.196 e. The SMILES string of the molecule is COc1ccc(OC)c(CSc2nnc3c(Cl)cc(Cl)cn23)c1. The zero-order chi connectivity index (χ0) is 16.4. The van der Waals surface area contributed by atoms with Crippen LogP contribution >= 0.6 is 35.0 Å². The molecule has 0 unspecified atom stereocenters. The second-order valence-corrected chi connectivity index (χ2v) is 6.44. The lowest BCUT2D eigenvalue weighted by molar-refractivity contribution is 0.400. The molecule has 5 nitrogen and oxygen atoms in total. The third-order valence-corrected chi connectivity index (χ3v) is 4.72. The molecule has 0 N–H and O–H groups in total. The van der Waals surface area contributed by atoms with Gasteiger partial charge in [-0.15, -0.1) is 10.2 Å². The van der Waals surface area contributed by atoms with Crippen molar-refractivity contribution < 1.29 is 9.47 Å². The Kier molecular flexibility index (Phi) is 4.84. The first kappa shape index (κ1) is 16.2. The smallest absolute Gasteiger partial charge is 0.196 e. The predicted octanol–water partition coefficient (Wildman–Crippen LogP) is 4.35. The molecule has 8 heteroatoms. The second kappa shape index (κ2) is 6.86. The number of pyridine rings is 1. The van der Waals surface area contributed by atoms with Crippen LogP contribution in [0.5, 0.6) is 11.5 Å².